The third-order valence-electron chi connectivity index (χ3n) is 3.17. The van der Waals surface area contributed by atoms with Crippen LogP contribution in [0, 0.1) is 6.92 Å². The van der Waals surface area contributed by atoms with E-state index in [0.717, 1.165) is 11.1 Å². The van der Waals surface area contributed by atoms with Crippen LogP contribution in [-0.2, 0) is 5.41 Å². The predicted octanol–water partition coefficient (Wildman–Crippen LogP) is 5.74. The fourth-order valence-electron chi connectivity index (χ4n) is 1.92. The smallest absolute Gasteiger partial charge is 0.116 e. The van der Waals surface area contributed by atoms with Crippen molar-refractivity contribution in [1.29, 1.82) is 0 Å². The molecule has 0 saturated heterocycles. The monoisotopic (exact) mass is 258 g/mol. The van der Waals surface area contributed by atoms with Gasteiger partial charge in [0.05, 0.1) is 0 Å². The quantitative estimate of drug-likeness (QED) is 0.607. The van der Waals surface area contributed by atoms with Gasteiger partial charge in [-0.2, -0.15) is 0 Å². The molecule has 0 unspecified atom stereocenters. The van der Waals surface area contributed by atoms with E-state index < -0.39 is 5.83 Å². The number of aryl methyl sites for hydroxylation is 1. The van der Waals surface area contributed by atoms with Gasteiger partial charge in [0.1, 0.15) is 5.83 Å². The molecule has 0 spiro atoms. The van der Waals surface area contributed by atoms with Gasteiger partial charge >= 0.3 is 0 Å². The van der Waals surface area contributed by atoms with Gasteiger partial charge in [0.25, 0.3) is 0 Å². The van der Waals surface area contributed by atoms with Crippen molar-refractivity contribution >= 4 is 5.57 Å². The van der Waals surface area contributed by atoms with Crippen LogP contribution in [0.15, 0.2) is 48.8 Å². The highest BCUT2D eigenvalue weighted by atomic mass is 19.1. The van der Waals surface area contributed by atoms with Crippen LogP contribution in [-0.4, -0.2) is 0 Å². The fourth-order valence-corrected chi connectivity index (χ4v) is 1.92. The number of halogens is 1. The van der Waals surface area contributed by atoms with Crippen LogP contribution < -0.4 is 0 Å². The molecule has 102 valence electrons. The summed E-state index contributed by atoms with van der Waals surface area (Å²) in [5, 5.41) is 0. The largest absolute Gasteiger partial charge is 0.208 e. The van der Waals surface area contributed by atoms with E-state index in [1.54, 1.807) is 6.08 Å². The lowest BCUT2D eigenvalue weighted by atomic mass is 9.84. The summed E-state index contributed by atoms with van der Waals surface area (Å²) in [6.07, 6.45) is 5.17. The number of benzene rings is 1. The maximum atomic E-state index is 12.8. The molecule has 0 atom stereocenters. The second-order valence-corrected chi connectivity index (χ2v) is 5.80. The Balaban J connectivity index is 3.28. The molecule has 1 aromatic carbocycles. The zero-order chi connectivity index (χ0) is 14.6. The first-order chi connectivity index (χ1) is 8.75. The zero-order valence-corrected chi connectivity index (χ0v) is 12.5. The summed E-state index contributed by atoms with van der Waals surface area (Å²) < 4.78 is 12.8. The van der Waals surface area contributed by atoms with Gasteiger partial charge in [0.2, 0.25) is 0 Å². The van der Waals surface area contributed by atoms with Crippen molar-refractivity contribution in [3.05, 3.63) is 65.5 Å². The molecule has 0 N–H and O–H groups in total. The average molecular weight is 258 g/mol. The summed E-state index contributed by atoms with van der Waals surface area (Å²) in [6, 6.07) is 6.47. The second-order valence-electron chi connectivity index (χ2n) is 5.80. The molecule has 0 aliphatic heterocycles. The molecule has 0 aromatic heterocycles. The molecule has 0 fully saturated rings. The molecule has 0 aliphatic rings. The van der Waals surface area contributed by atoms with Gasteiger partial charge in [-0.3, -0.25) is 0 Å². The van der Waals surface area contributed by atoms with Crippen LogP contribution in [0.4, 0.5) is 4.39 Å². The molecule has 1 heteroatoms. The number of allylic oxidation sites excluding steroid dienone is 5. The molecule has 0 amide bonds. The van der Waals surface area contributed by atoms with Crippen LogP contribution in [0.3, 0.4) is 0 Å². The van der Waals surface area contributed by atoms with Gasteiger partial charge in [-0.05, 0) is 47.6 Å². The Morgan fingerprint density at radius 2 is 1.84 bits per heavy atom. The maximum Gasteiger partial charge on any atom is 0.116 e. The topological polar surface area (TPSA) is 0 Å². The lowest BCUT2D eigenvalue weighted by Crippen LogP contribution is -2.11. The molecule has 0 nitrogen and oxygen atoms in total. The van der Waals surface area contributed by atoms with E-state index >= 15 is 0 Å². The Morgan fingerprint density at radius 3 is 2.32 bits per heavy atom. The van der Waals surface area contributed by atoms with Crippen molar-refractivity contribution in [2.24, 2.45) is 0 Å². The van der Waals surface area contributed by atoms with Crippen molar-refractivity contribution in [3.63, 3.8) is 0 Å². The number of rotatable bonds is 3. The van der Waals surface area contributed by atoms with Crippen LogP contribution >= 0.6 is 0 Å². The first-order valence-electron chi connectivity index (χ1n) is 6.56. The highest BCUT2D eigenvalue weighted by molar-refractivity contribution is 5.76. The standard InChI is InChI=1S/C18H23F/c1-7-15(10-9-14(3)19)17-12-16(18(4,5)6)11-8-13(17)2/h7-12H,3H2,1-2,4-6H3/b10-9-,15-7+. The highest BCUT2D eigenvalue weighted by Gasteiger charge is 2.15. The van der Waals surface area contributed by atoms with Crippen LogP contribution in [0.1, 0.15) is 44.4 Å². The summed E-state index contributed by atoms with van der Waals surface area (Å²) in [7, 11) is 0. The van der Waals surface area contributed by atoms with Gasteiger partial charge in [-0.25, -0.2) is 4.39 Å². The van der Waals surface area contributed by atoms with Crippen LogP contribution in [0.2, 0.25) is 0 Å². The van der Waals surface area contributed by atoms with Gasteiger partial charge in [-0.1, -0.05) is 57.7 Å². The van der Waals surface area contributed by atoms with E-state index in [9.17, 15) is 4.39 Å². The van der Waals surface area contributed by atoms with Crippen molar-refractivity contribution in [3.8, 4) is 0 Å². The minimum Gasteiger partial charge on any atom is -0.208 e. The maximum absolute atomic E-state index is 12.8. The molecule has 1 rings (SSSR count). The minimum absolute atomic E-state index is 0.106. The van der Waals surface area contributed by atoms with E-state index in [2.05, 4.69) is 52.5 Å². The van der Waals surface area contributed by atoms with E-state index in [4.69, 9.17) is 0 Å². The van der Waals surface area contributed by atoms with Gasteiger partial charge in [0, 0.05) is 0 Å². The summed E-state index contributed by atoms with van der Waals surface area (Å²) in [5.41, 5.74) is 4.74. The number of hydrogen-bond donors (Lipinski definition) is 0. The Bertz CT molecular complexity index is 525. The highest BCUT2D eigenvalue weighted by Crippen LogP contribution is 2.28. The zero-order valence-electron chi connectivity index (χ0n) is 12.5. The minimum atomic E-state index is -0.427. The Labute approximate surface area is 116 Å². The molecule has 0 bridgehead atoms. The third-order valence-corrected chi connectivity index (χ3v) is 3.17. The lowest BCUT2D eigenvalue weighted by molar-refractivity contribution is 0.590. The van der Waals surface area contributed by atoms with Gasteiger partial charge in [0.15, 0.2) is 0 Å². The molecular formula is C18H23F. The van der Waals surface area contributed by atoms with Crippen LogP contribution in [0.5, 0.6) is 0 Å². The van der Waals surface area contributed by atoms with Crippen molar-refractivity contribution < 1.29 is 4.39 Å². The normalized spacial score (nSPS) is 13.1. The third kappa shape index (κ3) is 4.20. The molecule has 0 aliphatic carbocycles. The van der Waals surface area contributed by atoms with Crippen molar-refractivity contribution in [1.82, 2.24) is 0 Å². The van der Waals surface area contributed by atoms with Gasteiger partial charge < -0.3 is 0 Å². The Morgan fingerprint density at radius 1 is 1.21 bits per heavy atom. The van der Waals surface area contributed by atoms with Crippen molar-refractivity contribution in [2.75, 3.05) is 0 Å². The summed E-state index contributed by atoms with van der Waals surface area (Å²) in [5.74, 6) is -0.427. The molecule has 0 heterocycles. The summed E-state index contributed by atoms with van der Waals surface area (Å²) >= 11 is 0. The molecule has 0 radical (unpaired) electrons. The Kier molecular flexibility index (Phi) is 4.88. The fraction of sp³-hybridized carbons (Fsp3) is 0.333. The lowest BCUT2D eigenvalue weighted by Gasteiger charge is -2.21. The molecule has 19 heavy (non-hydrogen) atoms. The SMILES string of the molecule is C=C(F)/C=C\C(=C/C)c1cc(C(C)(C)C)ccc1C. The first-order valence-corrected chi connectivity index (χ1v) is 6.56. The van der Waals surface area contributed by atoms with E-state index in [1.807, 2.05) is 13.0 Å². The summed E-state index contributed by atoms with van der Waals surface area (Å²) in [4.78, 5) is 0. The second kappa shape index (κ2) is 6.01. The van der Waals surface area contributed by atoms with Gasteiger partial charge in [-0.15, -0.1) is 0 Å². The molecule has 1 aromatic rings. The molecular weight excluding hydrogens is 235 g/mol. The van der Waals surface area contributed by atoms with E-state index in [1.165, 1.54) is 17.2 Å². The molecule has 0 saturated carbocycles. The van der Waals surface area contributed by atoms with Crippen LogP contribution in [0.25, 0.3) is 5.57 Å². The Hall–Kier alpha value is -1.63. The predicted molar refractivity (Wildman–Crippen MR) is 82.9 cm³/mol. The first kappa shape index (κ1) is 15.4. The van der Waals surface area contributed by atoms with E-state index in [0.29, 0.717) is 0 Å². The van der Waals surface area contributed by atoms with Crippen molar-refractivity contribution in [2.45, 2.75) is 40.0 Å². The average Bonchev–Trinajstić information content (AvgIpc) is 2.30. The summed E-state index contributed by atoms with van der Waals surface area (Å²) in [6.45, 7) is 13.9. The number of hydrogen-bond acceptors (Lipinski definition) is 0. The van der Waals surface area contributed by atoms with E-state index in [-0.39, 0.29) is 5.41 Å².